The molecule has 2 rings (SSSR count). The average Bonchev–Trinajstić information content (AvgIpc) is 2.87. The van der Waals surface area contributed by atoms with Gasteiger partial charge in [0.15, 0.2) is 8.32 Å². The van der Waals surface area contributed by atoms with Gasteiger partial charge in [-0.05, 0) is 63.5 Å². The first-order chi connectivity index (χ1) is 13.1. The number of amides is 1. The van der Waals surface area contributed by atoms with Gasteiger partial charge in [0.25, 0.3) is 0 Å². The molecule has 1 aliphatic heterocycles. The molecule has 1 unspecified atom stereocenters. The molecule has 1 fully saturated rings. The van der Waals surface area contributed by atoms with Crippen molar-refractivity contribution in [3.05, 3.63) is 35.6 Å². The number of nitrogens with zero attached hydrogens (tertiary/aromatic N) is 1. The van der Waals surface area contributed by atoms with E-state index in [2.05, 4.69) is 33.9 Å². The van der Waals surface area contributed by atoms with Crippen LogP contribution in [0.25, 0.3) is 0 Å². The van der Waals surface area contributed by atoms with Gasteiger partial charge in [-0.1, -0.05) is 32.9 Å². The first-order valence-electron chi connectivity index (χ1n) is 10.5. The molecule has 0 bridgehead atoms. The van der Waals surface area contributed by atoms with E-state index in [9.17, 15) is 9.18 Å². The van der Waals surface area contributed by atoms with Crippen molar-refractivity contribution >= 4 is 14.4 Å². The van der Waals surface area contributed by atoms with Gasteiger partial charge in [-0.3, -0.25) is 0 Å². The molecular formula is C23H38FNO3Si. The van der Waals surface area contributed by atoms with Crippen LogP contribution in [0.2, 0.25) is 18.1 Å². The van der Waals surface area contributed by atoms with E-state index in [1.165, 1.54) is 6.07 Å². The molecule has 29 heavy (non-hydrogen) atoms. The molecule has 3 atom stereocenters. The molecule has 4 nitrogen and oxygen atoms in total. The fraction of sp³-hybridized carbons (Fsp3) is 0.696. The van der Waals surface area contributed by atoms with Crippen LogP contribution in [0.4, 0.5) is 9.18 Å². The second-order valence-electron chi connectivity index (χ2n) is 10.8. The number of carbonyl (C=O) groups excluding carboxylic acids is 1. The molecule has 6 heteroatoms. The number of likely N-dealkylation sites (tertiary alicyclic amines) is 1. The van der Waals surface area contributed by atoms with Gasteiger partial charge in [0.1, 0.15) is 11.4 Å². The lowest BCUT2D eigenvalue weighted by molar-refractivity contribution is 0.0212. The number of hydrogen-bond donors (Lipinski definition) is 0. The Kier molecular flexibility index (Phi) is 6.90. The second kappa shape index (κ2) is 8.38. The van der Waals surface area contributed by atoms with Crippen molar-refractivity contribution in [2.45, 2.75) is 84.2 Å². The Labute approximate surface area is 176 Å². The third-order valence-electron chi connectivity index (χ3n) is 6.37. The van der Waals surface area contributed by atoms with E-state index in [0.717, 1.165) is 5.56 Å². The molecule has 164 valence electrons. The highest BCUT2D eigenvalue weighted by Crippen LogP contribution is 2.41. The summed E-state index contributed by atoms with van der Waals surface area (Å²) in [4.78, 5) is 14.6. The SMILES string of the molecule is CC1[C@H](CO[Si](C)(C)C(C)(C)C)[C@@H](c2cccc(F)c2)CN1C(=O)OC(C)(C)C. The summed E-state index contributed by atoms with van der Waals surface area (Å²) >= 11 is 0. The van der Waals surface area contributed by atoms with Gasteiger partial charge in [-0.25, -0.2) is 9.18 Å². The smallest absolute Gasteiger partial charge is 0.410 e. The van der Waals surface area contributed by atoms with Crippen LogP contribution in [0.1, 0.15) is 59.9 Å². The molecule has 0 aliphatic carbocycles. The predicted octanol–water partition coefficient (Wildman–Crippen LogP) is 6.19. The lowest BCUT2D eigenvalue weighted by Gasteiger charge is -2.38. The molecule has 0 aromatic heterocycles. The van der Waals surface area contributed by atoms with Crippen molar-refractivity contribution in [1.82, 2.24) is 4.90 Å². The van der Waals surface area contributed by atoms with Gasteiger partial charge in [0, 0.05) is 31.0 Å². The summed E-state index contributed by atoms with van der Waals surface area (Å²) in [6.07, 6.45) is -0.318. The lowest BCUT2D eigenvalue weighted by atomic mass is 9.86. The number of benzene rings is 1. The monoisotopic (exact) mass is 423 g/mol. The molecule has 0 spiro atoms. The molecule has 1 heterocycles. The standard InChI is InChI=1S/C23H38FNO3Si/c1-16-20(15-27-29(8,9)23(5,6)7)19(17-11-10-12-18(24)13-17)14-25(16)21(26)28-22(2,3)4/h10-13,16,19-20H,14-15H2,1-9H3/t16?,19-,20+/m1/s1. The van der Waals surface area contributed by atoms with Gasteiger partial charge in [0.2, 0.25) is 0 Å². The topological polar surface area (TPSA) is 38.8 Å². The average molecular weight is 424 g/mol. The molecule has 0 radical (unpaired) electrons. The minimum Gasteiger partial charge on any atom is -0.444 e. The van der Waals surface area contributed by atoms with Crippen LogP contribution >= 0.6 is 0 Å². The summed E-state index contributed by atoms with van der Waals surface area (Å²) in [6, 6.07) is 6.66. The van der Waals surface area contributed by atoms with Crippen LogP contribution < -0.4 is 0 Å². The third-order valence-corrected chi connectivity index (χ3v) is 10.9. The summed E-state index contributed by atoms with van der Waals surface area (Å²) in [5.41, 5.74) is 0.354. The lowest BCUT2D eigenvalue weighted by Crippen LogP contribution is -2.44. The molecule has 1 amide bonds. The van der Waals surface area contributed by atoms with E-state index in [1.807, 2.05) is 33.8 Å². The number of halogens is 1. The minimum atomic E-state index is -1.94. The predicted molar refractivity (Wildman–Crippen MR) is 118 cm³/mol. The number of hydrogen-bond acceptors (Lipinski definition) is 3. The van der Waals surface area contributed by atoms with Gasteiger partial charge in [-0.2, -0.15) is 0 Å². The Bertz CT molecular complexity index is 724. The van der Waals surface area contributed by atoms with Crippen molar-refractivity contribution in [3.8, 4) is 0 Å². The number of ether oxygens (including phenoxy) is 1. The minimum absolute atomic E-state index is 0.0120. The van der Waals surface area contributed by atoms with E-state index < -0.39 is 13.9 Å². The quantitative estimate of drug-likeness (QED) is 0.542. The summed E-state index contributed by atoms with van der Waals surface area (Å²) in [7, 11) is -1.94. The van der Waals surface area contributed by atoms with Gasteiger partial charge in [0.05, 0.1) is 0 Å². The Balaban J connectivity index is 2.29. The van der Waals surface area contributed by atoms with E-state index in [4.69, 9.17) is 9.16 Å². The highest BCUT2D eigenvalue weighted by molar-refractivity contribution is 6.74. The molecule has 0 saturated carbocycles. The van der Waals surface area contributed by atoms with E-state index in [0.29, 0.717) is 13.2 Å². The Morgan fingerprint density at radius 2 is 1.83 bits per heavy atom. The maximum Gasteiger partial charge on any atom is 0.410 e. The normalized spacial score (nSPS) is 23.4. The zero-order valence-electron chi connectivity index (χ0n) is 19.5. The largest absolute Gasteiger partial charge is 0.444 e. The maximum absolute atomic E-state index is 13.9. The van der Waals surface area contributed by atoms with Crippen molar-refractivity contribution in [2.75, 3.05) is 13.2 Å². The maximum atomic E-state index is 13.9. The Morgan fingerprint density at radius 1 is 1.21 bits per heavy atom. The van der Waals surface area contributed by atoms with Crippen LogP contribution in [-0.2, 0) is 9.16 Å². The Hall–Kier alpha value is -1.40. The van der Waals surface area contributed by atoms with Gasteiger partial charge >= 0.3 is 6.09 Å². The fourth-order valence-corrected chi connectivity index (χ4v) is 4.55. The molecular weight excluding hydrogens is 385 g/mol. The van der Waals surface area contributed by atoms with Gasteiger partial charge < -0.3 is 14.1 Å². The molecule has 1 saturated heterocycles. The highest BCUT2D eigenvalue weighted by atomic mass is 28.4. The molecule has 1 aromatic rings. The Morgan fingerprint density at radius 3 is 2.34 bits per heavy atom. The highest BCUT2D eigenvalue weighted by Gasteiger charge is 2.45. The second-order valence-corrected chi connectivity index (χ2v) is 15.6. The first-order valence-corrected chi connectivity index (χ1v) is 13.4. The summed E-state index contributed by atoms with van der Waals surface area (Å²) in [6.45, 7) is 19.8. The molecule has 1 aliphatic rings. The van der Waals surface area contributed by atoms with Crippen LogP contribution in [0.15, 0.2) is 24.3 Å². The van der Waals surface area contributed by atoms with Crippen molar-refractivity contribution < 1.29 is 18.3 Å². The van der Waals surface area contributed by atoms with Gasteiger partial charge in [-0.15, -0.1) is 0 Å². The number of rotatable bonds is 4. The molecule has 1 aromatic carbocycles. The van der Waals surface area contributed by atoms with Crippen molar-refractivity contribution in [1.29, 1.82) is 0 Å². The summed E-state index contributed by atoms with van der Waals surface area (Å²) in [5, 5.41) is 0.105. The van der Waals surface area contributed by atoms with E-state index in [-0.39, 0.29) is 34.8 Å². The summed E-state index contributed by atoms with van der Waals surface area (Å²) < 4.78 is 26.1. The molecule has 0 N–H and O–H groups in total. The van der Waals surface area contributed by atoms with Crippen molar-refractivity contribution in [2.24, 2.45) is 5.92 Å². The van der Waals surface area contributed by atoms with Crippen LogP contribution in [0.5, 0.6) is 0 Å². The van der Waals surface area contributed by atoms with Crippen molar-refractivity contribution in [3.63, 3.8) is 0 Å². The zero-order valence-corrected chi connectivity index (χ0v) is 20.5. The summed E-state index contributed by atoms with van der Waals surface area (Å²) in [5.74, 6) is -0.161. The van der Waals surface area contributed by atoms with E-state index >= 15 is 0 Å². The van der Waals surface area contributed by atoms with Crippen LogP contribution in [0.3, 0.4) is 0 Å². The first kappa shape index (κ1) is 23.9. The fourth-order valence-electron chi connectivity index (χ4n) is 3.51. The number of carbonyl (C=O) groups is 1. The van der Waals surface area contributed by atoms with Crippen LogP contribution in [-0.4, -0.2) is 44.1 Å². The van der Waals surface area contributed by atoms with Crippen LogP contribution in [0, 0.1) is 11.7 Å². The van der Waals surface area contributed by atoms with E-state index in [1.54, 1.807) is 17.0 Å². The zero-order chi connectivity index (χ0) is 22.2. The third kappa shape index (κ3) is 5.82.